The third-order valence-corrected chi connectivity index (χ3v) is 4.66. The molecule has 1 aliphatic heterocycles. The molecule has 0 fully saturated rings. The average molecular weight is 418 g/mol. The third-order valence-electron chi connectivity index (χ3n) is 4.35. The summed E-state index contributed by atoms with van der Waals surface area (Å²) in [5.74, 6) is 0.865. The highest BCUT2D eigenvalue weighted by Gasteiger charge is 2.16. The van der Waals surface area contributed by atoms with Crippen LogP contribution in [0.3, 0.4) is 0 Å². The summed E-state index contributed by atoms with van der Waals surface area (Å²) < 4.78 is 11.2. The number of rotatable bonds is 6. The molecule has 0 aromatic heterocycles. The van der Waals surface area contributed by atoms with Gasteiger partial charge in [-0.05, 0) is 5.56 Å². The zero-order chi connectivity index (χ0) is 20.6. The number of hydrogen-bond acceptors (Lipinski definition) is 4. The predicted molar refractivity (Wildman–Crippen MR) is 112 cm³/mol. The van der Waals surface area contributed by atoms with Crippen LogP contribution in [0.1, 0.15) is 18.4 Å². The molecule has 0 saturated carbocycles. The van der Waals surface area contributed by atoms with Crippen LogP contribution in [-0.2, 0) is 11.3 Å². The average Bonchev–Trinajstić information content (AvgIpc) is 2.93. The molecule has 1 aliphatic rings. The van der Waals surface area contributed by atoms with Crippen molar-refractivity contribution in [2.75, 3.05) is 32.1 Å². The molecule has 7 nitrogen and oxygen atoms in total. The molecule has 3 rings (SSSR count). The second-order valence-electron chi connectivity index (χ2n) is 6.70. The van der Waals surface area contributed by atoms with Crippen LogP contribution in [0.5, 0.6) is 11.5 Å². The number of hydrogen-bond donors (Lipinski definition) is 2. The number of benzene rings is 2. The fourth-order valence-corrected chi connectivity index (χ4v) is 3.04. The van der Waals surface area contributed by atoms with Gasteiger partial charge in [0.05, 0.1) is 23.9 Å². The lowest BCUT2D eigenvalue weighted by Crippen LogP contribution is -2.38. The van der Waals surface area contributed by atoms with E-state index in [-0.39, 0.29) is 24.9 Å². The smallest absolute Gasteiger partial charge is 0.317 e. The van der Waals surface area contributed by atoms with Gasteiger partial charge in [-0.15, -0.1) is 0 Å². The van der Waals surface area contributed by atoms with Crippen LogP contribution < -0.4 is 20.1 Å². The maximum Gasteiger partial charge on any atom is 0.317 e. The van der Waals surface area contributed by atoms with Crippen molar-refractivity contribution in [3.8, 4) is 11.5 Å². The van der Waals surface area contributed by atoms with Crippen LogP contribution in [0.15, 0.2) is 42.5 Å². The van der Waals surface area contributed by atoms with Gasteiger partial charge in [-0.3, -0.25) is 4.79 Å². The number of fused-ring (bicyclic) bond motifs is 1. The van der Waals surface area contributed by atoms with Crippen molar-refractivity contribution in [1.29, 1.82) is 0 Å². The van der Waals surface area contributed by atoms with Crippen LogP contribution >= 0.6 is 11.6 Å². The Morgan fingerprint density at radius 2 is 1.79 bits per heavy atom. The van der Waals surface area contributed by atoms with Gasteiger partial charge in [0.15, 0.2) is 11.5 Å². The molecule has 0 saturated heterocycles. The van der Waals surface area contributed by atoms with Gasteiger partial charge in [0, 0.05) is 45.1 Å². The number of carbonyl (C=O) groups is 2. The van der Waals surface area contributed by atoms with E-state index in [0.29, 0.717) is 42.0 Å². The fraction of sp³-hybridized carbons (Fsp3) is 0.333. The molecule has 0 atom stereocenters. The standard InChI is InChI=1S/C21H24ClN3O4/c1-25(14-15-6-3-2-4-7-15)21(27)23-9-8-20(26)24-17-13-19-18(12-16(17)22)28-10-5-11-29-19/h2-4,6-7,12-13H,5,8-11,14H2,1H3,(H,23,27)(H,24,26). The van der Waals surface area contributed by atoms with Gasteiger partial charge in [0.1, 0.15) is 0 Å². The van der Waals surface area contributed by atoms with Crippen LogP contribution in [0, 0.1) is 0 Å². The molecule has 29 heavy (non-hydrogen) atoms. The highest BCUT2D eigenvalue weighted by atomic mass is 35.5. The van der Waals surface area contributed by atoms with E-state index >= 15 is 0 Å². The lowest BCUT2D eigenvalue weighted by Gasteiger charge is -2.18. The molecule has 8 heteroatoms. The lowest BCUT2D eigenvalue weighted by atomic mass is 10.2. The highest BCUT2D eigenvalue weighted by molar-refractivity contribution is 6.34. The van der Waals surface area contributed by atoms with Crippen molar-refractivity contribution in [3.63, 3.8) is 0 Å². The quantitative estimate of drug-likeness (QED) is 0.751. The Balaban J connectivity index is 1.46. The molecule has 2 aromatic rings. The summed E-state index contributed by atoms with van der Waals surface area (Å²) in [4.78, 5) is 26.0. The molecule has 0 bridgehead atoms. The van der Waals surface area contributed by atoms with Gasteiger partial charge in [0.2, 0.25) is 5.91 Å². The number of nitrogens with zero attached hydrogens (tertiary/aromatic N) is 1. The summed E-state index contributed by atoms with van der Waals surface area (Å²) in [5, 5.41) is 5.86. The minimum atomic E-state index is -0.257. The Bertz CT molecular complexity index is 861. The number of anilines is 1. The second kappa shape index (κ2) is 10.0. The first-order chi connectivity index (χ1) is 14.0. The summed E-state index contributed by atoms with van der Waals surface area (Å²) in [6.45, 7) is 1.82. The Morgan fingerprint density at radius 1 is 1.10 bits per heavy atom. The van der Waals surface area contributed by atoms with Gasteiger partial charge in [-0.25, -0.2) is 4.79 Å². The van der Waals surface area contributed by atoms with Crippen molar-refractivity contribution >= 4 is 29.2 Å². The molecule has 1 heterocycles. The minimum Gasteiger partial charge on any atom is -0.490 e. The molecule has 0 aliphatic carbocycles. The van der Waals surface area contributed by atoms with Gasteiger partial charge < -0.3 is 25.0 Å². The van der Waals surface area contributed by atoms with Crippen molar-refractivity contribution in [2.24, 2.45) is 0 Å². The summed E-state index contributed by atoms with van der Waals surface area (Å²) in [7, 11) is 1.71. The molecule has 2 aromatic carbocycles. The first-order valence-electron chi connectivity index (χ1n) is 9.45. The molecule has 0 radical (unpaired) electrons. The van der Waals surface area contributed by atoms with E-state index in [4.69, 9.17) is 21.1 Å². The number of nitrogens with one attached hydrogen (secondary N) is 2. The molecule has 2 N–H and O–H groups in total. The van der Waals surface area contributed by atoms with E-state index in [9.17, 15) is 9.59 Å². The zero-order valence-corrected chi connectivity index (χ0v) is 17.0. The predicted octanol–water partition coefficient (Wildman–Crippen LogP) is 3.67. The van der Waals surface area contributed by atoms with Crippen LogP contribution in [0.4, 0.5) is 10.5 Å². The summed E-state index contributed by atoms with van der Waals surface area (Å²) in [6, 6.07) is 12.7. The fourth-order valence-electron chi connectivity index (χ4n) is 2.84. The third kappa shape index (κ3) is 6.02. The normalized spacial score (nSPS) is 12.6. The second-order valence-corrected chi connectivity index (χ2v) is 7.11. The zero-order valence-electron chi connectivity index (χ0n) is 16.2. The topological polar surface area (TPSA) is 79.9 Å². The molecule has 0 spiro atoms. The minimum absolute atomic E-state index is 0.121. The monoisotopic (exact) mass is 417 g/mol. The number of carbonyl (C=O) groups excluding carboxylic acids is 2. The lowest BCUT2D eigenvalue weighted by molar-refractivity contribution is -0.116. The van der Waals surface area contributed by atoms with E-state index in [1.165, 1.54) is 0 Å². The Labute approximate surface area is 174 Å². The van der Waals surface area contributed by atoms with Gasteiger partial charge >= 0.3 is 6.03 Å². The van der Waals surface area contributed by atoms with Gasteiger partial charge in [0.25, 0.3) is 0 Å². The van der Waals surface area contributed by atoms with Crippen LogP contribution in [0.2, 0.25) is 5.02 Å². The number of halogens is 1. The van der Waals surface area contributed by atoms with Crippen LogP contribution in [-0.4, -0.2) is 43.6 Å². The van der Waals surface area contributed by atoms with Gasteiger partial charge in [-0.1, -0.05) is 41.9 Å². The van der Waals surface area contributed by atoms with E-state index in [0.717, 1.165) is 12.0 Å². The number of amides is 3. The largest absolute Gasteiger partial charge is 0.490 e. The summed E-state index contributed by atoms with van der Waals surface area (Å²) in [5.41, 5.74) is 1.49. The Kier molecular flexibility index (Phi) is 7.19. The molecular weight excluding hydrogens is 394 g/mol. The Hall–Kier alpha value is -2.93. The molecule has 154 valence electrons. The summed E-state index contributed by atoms with van der Waals surface area (Å²) in [6.07, 6.45) is 0.905. The first kappa shape index (κ1) is 20.8. The van der Waals surface area contributed by atoms with E-state index in [1.807, 2.05) is 30.3 Å². The van der Waals surface area contributed by atoms with Gasteiger partial charge in [-0.2, -0.15) is 0 Å². The van der Waals surface area contributed by atoms with Crippen molar-refractivity contribution in [3.05, 3.63) is 53.1 Å². The SMILES string of the molecule is CN(Cc1ccccc1)C(=O)NCCC(=O)Nc1cc2c(cc1Cl)OCCCO2. The van der Waals surface area contributed by atoms with Crippen molar-refractivity contribution in [1.82, 2.24) is 10.2 Å². The maximum atomic E-state index is 12.2. The molecular formula is C21H24ClN3O4. The van der Waals surface area contributed by atoms with Crippen LogP contribution in [0.25, 0.3) is 0 Å². The molecule has 3 amide bonds. The van der Waals surface area contributed by atoms with E-state index in [1.54, 1.807) is 24.1 Å². The molecule has 0 unspecified atom stereocenters. The number of ether oxygens (including phenoxy) is 2. The summed E-state index contributed by atoms with van der Waals surface area (Å²) >= 11 is 6.23. The van der Waals surface area contributed by atoms with Crippen molar-refractivity contribution < 1.29 is 19.1 Å². The van der Waals surface area contributed by atoms with Crippen molar-refractivity contribution in [2.45, 2.75) is 19.4 Å². The number of urea groups is 1. The first-order valence-corrected chi connectivity index (χ1v) is 9.82. The highest BCUT2D eigenvalue weighted by Crippen LogP contribution is 2.37. The maximum absolute atomic E-state index is 12.2. The van der Waals surface area contributed by atoms with E-state index in [2.05, 4.69) is 10.6 Å². The van der Waals surface area contributed by atoms with E-state index < -0.39 is 0 Å². The Morgan fingerprint density at radius 3 is 2.52 bits per heavy atom.